The lowest BCUT2D eigenvalue weighted by Gasteiger charge is -2.16. The molecular weight excluding hydrogens is 290 g/mol. The van der Waals surface area contributed by atoms with Crippen LogP contribution >= 0.6 is 0 Å². The largest absolute Gasteiger partial charge is 0.307 e. The number of carbonyl (C=O) groups excluding carboxylic acids is 1. The number of amides is 1. The summed E-state index contributed by atoms with van der Waals surface area (Å²) < 4.78 is 2.17. The number of aromatic nitrogens is 4. The summed E-state index contributed by atoms with van der Waals surface area (Å²) in [6.07, 6.45) is 7.61. The number of nitrogens with zero attached hydrogens (tertiary/aromatic N) is 4. The lowest BCUT2D eigenvalue weighted by atomic mass is 10.2. The van der Waals surface area contributed by atoms with Gasteiger partial charge in [-0.25, -0.2) is 15.0 Å². The normalized spacial score (nSPS) is 15.1. The number of fused-ring (bicyclic) bond motifs is 1. The zero-order valence-electron chi connectivity index (χ0n) is 12.6. The van der Waals surface area contributed by atoms with Crippen LogP contribution in [0.25, 0.3) is 11.0 Å². The number of hydrogen-bond donors (Lipinski definition) is 1. The van der Waals surface area contributed by atoms with Crippen molar-refractivity contribution in [3.05, 3.63) is 48.5 Å². The third kappa shape index (κ3) is 2.56. The lowest BCUT2D eigenvalue weighted by Crippen LogP contribution is -2.18. The number of imidazole rings is 1. The molecular formula is C17H17N5O. The fourth-order valence-electron chi connectivity index (χ4n) is 3.26. The first-order valence-electron chi connectivity index (χ1n) is 7.87. The second-order valence-electron chi connectivity index (χ2n) is 5.78. The average molecular weight is 307 g/mol. The highest BCUT2D eigenvalue weighted by Crippen LogP contribution is 2.35. The van der Waals surface area contributed by atoms with E-state index >= 15 is 0 Å². The molecule has 23 heavy (non-hydrogen) atoms. The summed E-state index contributed by atoms with van der Waals surface area (Å²) in [5.41, 5.74) is 2.31. The number of carbonyl (C=O) groups is 1. The van der Waals surface area contributed by atoms with Crippen LogP contribution in [-0.2, 0) is 0 Å². The van der Waals surface area contributed by atoms with Gasteiger partial charge in [-0.3, -0.25) is 10.1 Å². The first-order valence-corrected chi connectivity index (χ1v) is 7.87. The molecule has 6 heteroatoms. The minimum Gasteiger partial charge on any atom is -0.307 e. The minimum absolute atomic E-state index is 0.262. The Kier molecular flexibility index (Phi) is 3.49. The van der Waals surface area contributed by atoms with Gasteiger partial charge in [0, 0.05) is 12.2 Å². The highest BCUT2D eigenvalue weighted by molar-refractivity contribution is 6.02. The zero-order chi connectivity index (χ0) is 15.6. The van der Waals surface area contributed by atoms with Crippen LogP contribution in [0.2, 0.25) is 0 Å². The van der Waals surface area contributed by atoms with Crippen LogP contribution in [0.15, 0.2) is 42.9 Å². The number of rotatable bonds is 3. The quantitative estimate of drug-likeness (QED) is 0.806. The van der Waals surface area contributed by atoms with E-state index in [0.29, 0.717) is 17.7 Å². The molecule has 2 heterocycles. The van der Waals surface area contributed by atoms with Crippen LogP contribution in [0.5, 0.6) is 0 Å². The molecule has 4 rings (SSSR count). The van der Waals surface area contributed by atoms with Crippen LogP contribution < -0.4 is 5.32 Å². The summed E-state index contributed by atoms with van der Waals surface area (Å²) >= 11 is 0. The molecule has 0 unspecified atom stereocenters. The van der Waals surface area contributed by atoms with E-state index in [1.807, 2.05) is 18.2 Å². The summed E-state index contributed by atoms with van der Waals surface area (Å²) in [7, 11) is 0. The first kappa shape index (κ1) is 13.9. The summed E-state index contributed by atoms with van der Waals surface area (Å²) in [6.45, 7) is 0. The van der Waals surface area contributed by atoms with E-state index in [-0.39, 0.29) is 5.91 Å². The van der Waals surface area contributed by atoms with E-state index in [1.165, 1.54) is 19.2 Å². The van der Waals surface area contributed by atoms with E-state index in [1.54, 1.807) is 12.3 Å². The average Bonchev–Trinajstić information content (AvgIpc) is 3.22. The fourth-order valence-corrected chi connectivity index (χ4v) is 3.26. The van der Waals surface area contributed by atoms with Gasteiger partial charge >= 0.3 is 0 Å². The molecule has 2 aromatic heterocycles. The molecule has 1 N–H and O–H groups in total. The van der Waals surface area contributed by atoms with E-state index in [4.69, 9.17) is 0 Å². The Morgan fingerprint density at radius 3 is 2.78 bits per heavy atom. The van der Waals surface area contributed by atoms with Gasteiger partial charge < -0.3 is 4.57 Å². The molecule has 0 aliphatic heterocycles. The van der Waals surface area contributed by atoms with Crippen molar-refractivity contribution in [2.24, 2.45) is 0 Å². The molecule has 1 amide bonds. The number of nitrogens with one attached hydrogen (secondary N) is 1. The van der Waals surface area contributed by atoms with Gasteiger partial charge in [0.1, 0.15) is 12.0 Å². The van der Waals surface area contributed by atoms with Gasteiger partial charge in [0.25, 0.3) is 5.91 Å². The molecule has 0 radical (unpaired) electrons. The Balaban J connectivity index is 1.74. The molecule has 1 saturated carbocycles. The predicted molar refractivity (Wildman–Crippen MR) is 87.2 cm³/mol. The Morgan fingerprint density at radius 2 is 2.00 bits per heavy atom. The van der Waals surface area contributed by atoms with Gasteiger partial charge in [-0.2, -0.15) is 0 Å². The monoisotopic (exact) mass is 307 g/mol. The lowest BCUT2D eigenvalue weighted by molar-refractivity contribution is 0.102. The van der Waals surface area contributed by atoms with Crippen molar-refractivity contribution in [1.82, 2.24) is 19.5 Å². The summed E-state index contributed by atoms with van der Waals surface area (Å²) in [4.78, 5) is 24.8. The molecule has 6 nitrogen and oxygen atoms in total. The van der Waals surface area contributed by atoms with Crippen molar-refractivity contribution in [2.45, 2.75) is 31.7 Å². The van der Waals surface area contributed by atoms with Crippen molar-refractivity contribution >= 4 is 22.9 Å². The molecule has 0 atom stereocenters. The molecule has 0 saturated heterocycles. The molecule has 0 bridgehead atoms. The summed E-state index contributed by atoms with van der Waals surface area (Å²) in [5, 5.41) is 2.92. The maximum atomic E-state index is 12.4. The Bertz CT molecular complexity index is 837. The van der Waals surface area contributed by atoms with Crippen LogP contribution in [0.3, 0.4) is 0 Å². The van der Waals surface area contributed by atoms with Gasteiger partial charge in [-0.1, -0.05) is 25.0 Å². The standard InChI is InChI=1S/C17H17N5O/c23-16(14-9-10-18-11-19-14)21-17-20-13-7-3-4-8-15(13)22(17)12-5-1-2-6-12/h3-4,7-12H,1-2,5-6H2,(H,20,21,23). The fraction of sp³-hybridized carbons (Fsp3) is 0.294. The van der Waals surface area contributed by atoms with Gasteiger partial charge in [0.15, 0.2) is 0 Å². The van der Waals surface area contributed by atoms with Gasteiger partial charge in [-0.05, 0) is 31.0 Å². The van der Waals surface area contributed by atoms with Crippen molar-refractivity contribution in [3.8, 4) is 0 Å². The van der Waals surface area contributed by atoms with Gasteiger partial charge in [0.05, 0.1) is 11.0 Å². The van der Waals surface area contributed by atoms with Crippen LogP contribution in [0, 0.1) is 0 Å². The first-order chi connectivity index (χ1) is 11.3. The molecule has 116 valence electrons. The van der Waals surface area contributed by atoms with E-state index in [2.05, 4.69) is 30.9 Å². The molecule has 3 aromatic rings. The third-order valence-electron chi connectivity index (χ3n) is 4.33. The van der Waals surface area contributed by atoms with Crippen molar-refractivity contribution < 1.29 is 4.79 Å². The number of para-hydroxylation sites is 2. The van der Waals surface area contributed by atoms with Crippen molar-refractivity contribution in [1.29, 1.82) is 0 Å². The number of anilines is 1. The zero-order valence-corrected chi connectivity index (χ0v) is 12.6. The van der Waals surface area contributed by atoms with Crippen LogP contribution in [0.1, 0.15) is 42.2 Å². The summed E-state index contributed by atoms with van der Waals surface area (Å²) in [5.74, 6) is 0.337. The Hall–Kier alpha value is -2.76. The topological polar surface area (TPSA) is 72.7 Å². The second-order valence-corrected chi connectivity index (χ2v) is 5.78. The molecule has 1 aliphatic carbocycles. The predicted octanol–water partition coefficient (Wildman–Crippen LogP) is 3.19. The summed E-state index contributed by atoms with van der Waals surface area (Å²) in [6, 6.07) is 9.98. The number of hydrogen-bond acceptors (Lipinski definition) is 4. The van der Waals surface area contributed by atoms with E-state index < -0.39 is 0 Å². The second kappa shape index (κ2) is 5.79. The SMILES string of the molecule is O=C(Nc1nc2ccccc2n1C1CCCC1)c1ccncn1. The molecule has 0 spiro atoms. The highest BCUT2D eigenvalue weighted by Gasteiger charge is 2.23. The van der Waals surface area contributed by atoms with Crippen LogP contribution in [0.4, 0.5) is 5.95 Å². The van der Waals surface area contributed by atoms with E-state index in [9.17, 15) is 4.79 Å². The van der Waals surface area contributed by atoms with Crippen molar-refractivity contribution in [3.63, 3.8) is 0 Å². The molecule has 1 aliphatic rings. The van der Waals surface area contributed by atoms with Gasteiger partial charge in [-0.15, -0.1) is 0 Å². The Labute approximate surface area is 133 Å². The minimum atomic E-state index is -0.262. The third-order valence-corrected chi connectivity index (χ3v) is 4.33. The maximum absolute atomic E-state index is 12.4. The van der Waals surface area contributed by atoms with Crippen LogP contribution in [-0.4, -0.2) is 25.4 Å². The maximum Gasteiger partial charge on any atom is 0.276 e. The smallest absolute Gasteiger partial charge is 0.276 e. The Morgan fingerprint density at radius 1 is 1.17 bits per heavy atom. The van der Waals surface area contributed by atoms with Gasteiger partial charge in [0.2, 0.25) is 5.95 Å². The van der Waals surface area contributed by atoms with Crippen molar-refractivity contribution in [2.75, 3.05) is 5.32 Å². The van der Waals surface area contributed by atoms with E-state index in [0.717, 1.165) is 23.9 Å². The molecule has 1 fully saturated rings. The molecule has 1 aromatic carbocycles. The highest BCUT2D eigenvalue weighted by atomic mass is 16.2. The number of benzene rings is 1.